The van der Waals surface area contributed by atoms with Gasteiger partial charge in [0.25, 0.3) is 0 Å². The summed E-state index contributed by atoms with van der Waals surface area (Å²) in [5, 5.41) is 11.0. The molecule has 0 aromatic carbocycles. The zero-order valence-electron chi connectivity index (χ0n) is 20.5. The highest BCUT2D eigenvalue weighted by Crippen LogP contribution is 2.66. The summed E-state index contributed by atoms with van der Waals surface area (Å²) in [7, 11) is 0. The number of ether oxygens (including phenoxy) is 2. The number of allylic oxidation sites excluding steroid dienone is 3. The van der Waals surface area contributed by atoms with Crippen LogP contribution in [0, 0.1) is 35.0 Å². The number of fused-ring (bicyclic) bond motifs is 7. The maximum atomic E-state index is 14.1. The quantitative estimate of drug-likeness (QED) is 0.310. The Balaban J connectivity index is 1.46. The summed E-state index contributed by atoms with van der Waals surface area (Å²) >= 11 is 0. The van der Waals surface area contributed by atoms with Gasteiger partial charge in [-0.25, -0.2) is 9.59 Å². The second kappa shape index (κ2) is 7.16. The first kappa shape index (κ1) is 22.8. The minimum absolute atomic E-state index is 0.0953. The van der Waals surface area contributed by atoms with E-state index in [1.807, 2.05) is 0 Å². The van der Waals surface area contributed by atoms with Gasteiger partial charge in [0.1, 0.15) is 18.0 Å². The van der Waals surface area contributed by atoms with Crippen molar-refractivity contribution in [2.45, 2.75) is 50.4 Å². The van der Waals surface area contributed by atoms with Crippen LogP contribution in [-0.4, -0.2) is 46.9 Å². The Hall–Kier alpha value is -3.32. The van der Waals surface area contributed by atoms with Crippen LogP contribution in [0.3, 0.4) is 0 Å². The summed E-state index contributed by atoms with van der Waals surface area (Å²) in [5.41, 5.74) is 2.51. The van der Waals surface area contributed by atoms with Crippen molar-refractivity contribution in [1.29, 1.82) is 0 Å². The monoisotopic (exact) mass is 500 g/mol. The number of hydrogen-bond donors (Lipinski definition) is 1. The smallest absolute Gasteiger partial charge is 0.334 e. The van der Waals surface area contributed by atoms with Crippen molar-refractivity contribution in [3.63, 3.8) is 0 Å². The van der Waals surface area contributed by atoms with E-state index in [0.29, 0.717) is 41.6 Å². The molecule has 7 heteroatoms. The minimum atomic E-state index is -1.20. The number of aliphatic hydroxyl groups excluding tert-OH is 1. The Morgan fingerprint density at radius 2 is 1.57 bits per heavy atom. The third kappa shape index (κ3) is 2.56. The molecule has 9 atom stereocenters. The molecule has 1 N–H and O–H groups in total. The molecule has 4 fully saturated rings. The molecular formula is C30H28O7. The number of carbonyl (C=O) groups is 4. The maximum Gasteiger partial charge on any atom is 0.334 e. The molecule has 7 nitrogen and oxygen atoms in total. The lowest BCUT2D eigenvalue weighted by atomic mass is 9.59. The van der Waals surface area contributed by atoms with Crippen LogP contribution in [0.1, 0.15) is 32.1 Å². The summed E-state index contributed by atoms with van der Waals surface area (Å²) in [5.74, 6) is -3.60. The average molecular weight is 501 g/mol. The van der Waals surface area contributed by atoms with Crippen LogP contribution in [0.2, 0.25) is 0 Å². The molecule has 5 aliphatic carbocycles. The molecule has 2 saturated heterocycles. The van der Waals surface area contributed by atoms with Gasteiger partial charge in [0.15, 0.2) is 5.78 Å². The van der Waals surface area contributed by atoms with E-state index in [4.69, 9.17) is 9.47 Å². The molecule has 2 aliphatic heterocycles. The molecule has 0 bridgehead atoms. The predicted molar refractivity (Wildman–Crippen MR) is 130 cm³/mol. The van der Waals surface area contributed by atoms with Gasteiger partial charge in [-0.15, -0.1) is 0 Å². The first-order valence-corrected chi connectivity index (χ1v) is 12.9. The van der Waals surface area contributed by atoms with Crippen molar-refractivity contribution in [3.05, 3.63) is 71.4 Å². The Bertz CT molecular complexity index is 1370. The SMILES string of the molecule is C=C1C(=O)C2=C3C(=CC[C@H]4C(=C)C(=O)O[C@H]4[C@@H]13)CCC21C(=O)C[C@H]2C(=C)[C@@H](O)C[C@H]3C(=C)C(=O)O[C@H]3[C@H]21. The number of rotatable bonds is 0. The number of ketones is 2. The molecule has 37 heavy (non-hydrogen) atoms. The Labute approximate surface area is 214 Å². The molecule has 2 saturated carbocycles. The lowest BCUT2D eigenvalue weighted by Gasteiger charge is -2.43. The third-order valence-electron chi connectivity index (χ3n) is 10.3. The summed E-state index contributed by atoms with van der Waals surface area (Å²) < 4.78 is 11.6. The van der Waals surface area contributed by atoms with E-state index in [9.17, 15) is 24.3 Å². The number of Topliss-reactive ketones (excluding diaryl/α,β-unsaturated/α-hetero) is 2. The lowest BCUT2D eigenvalue weighted by molar-refractivity contribution is -0.145. The molecule has 0 aromatic rings. The van der Waals surface area contributed by atoms with Gasteiger partial charge in [0.2, 0.25) is 0 Å². The summed E-state index contributed by atoms with van der Waals surface area (Å²) in [6.07, 6.45) is 1.76. The van der Waals surface area contributed by atoms with Crippen molar-refractivity contribution in [2.24, 2.45) is 35.0 Å². The van der Waals surface area contributed by atoms with Gasteiger partial charge in [-0.05, 0) is 48.3 Å². The van der Waals surface area contributed by atoms with E-state index in [0.717, 1.165) is 11.1 Å². The van der Waals surface area contributed by atoms with E-state index in [1.54, 1.807) is 0 Å². The van der Waals surface area contributed by atoms with Gasteiger partial charge < -0.3 is 14.6 Å². The van der Waals surface area contributed by atoms with Gasteiger partial charge in [-0.1, -0.05) is 32.4 Å². The largest absolute Gasteiger partial charge is 0.458 e. The first-order valence-electron chi connectivity index (χ1n) is 12.9. The van der Waals surface area contributed by atoms with E-state index in [1.165, 1.54) is 0 Å². The number of aliphatic hydroxyl groups is 1. The minimum Gasteiger partial charge on any atom is -0.458 e. The molecule has 2 heterocycles. The number of hydrogen-bond acceptors (Lipinski definition) is 7. The summed E-state index contributed by atoms with van der Waals surface area (Å²) in [6.45, 7) is 16.2. The normalized spacial score (nSPS) is 44.3. The predicted octanol–water partition coefficient (Wildman–Crippen LogP) is 2.87. The van der Waals surface area contributed by atoms with E-state index in [2.05, 4.69) is 32.4 Å². The van der Waals surface area contributed by atoms with Crippen LogP contribution in [-0.2, 0) is 28.7 Å². The van der Waals surface area contributed by atoms with Crippen molar-refractivity contribution in [3.8, 4) is 0 Å². The van der Waals surface area contributed by atoms with Gasteiger partial charge >= 0.3 is 11.9 Å². The highest BCUT2D eigenvalue weighted by atomic mass is 16.6. The van der Waals surface area contributed by atoms with E-state index >= 15 is 0 Å². The lowest BCUT2D eigenvalue weighted by Crippen LogP contribution is -2.46. The van der Waals surface area contributed by atoms with E-state index < -0.39 is 59.3 Å². The van der Waals surface area contributed by atoms with Crippen LogP contribution in [0.5, 0.6) is 0 Å². The van der Waals surface area contributed by atoms with Crippen molar-refractivity contribution in [2.75, 3.05) is 0 Å². The van der Waals surface area contributed by atoms with Crippen molar-refractivity contribution in [1.82, 2.24) is 0 Å². The molecule has 7 aliphatic rings. The third-order valence-corrected chi connectivity index (χ3v) is 10.3. The van der Waals surface area contributed by atoms with Crippen LogP contribution in [0.4, 0.5) is 0 Å². The Morgan fingerprint density at radius 1 is 0.892 bits per heavy atom. The fourth-order valence-corrected chi connectivity index (χ4v) is 8.59. The zero-order chi connectivity index (χ0) is 26.1. The van der Waals surface area contributed by atoms with Crippen LogP contribution < -0.4 is 0 Å². The molecule has 1 spiro atoms. The second-order valence-corrected chi connectivity index (χ2v) is 11.6. The highest BCUT2D eigenvalue weighted by Gasteiger charge is 2.69. The number of carbonyl (C=O) groups excluding carboxylic acids is 4. The standard InChI is InChI=1S/C30H28O7/c1-11-17-10-20(32)30(23(17)27-18(9-19(11)31)13(3)29(35)37-27)8-7-15-5-6-16-12(2)28(34)36-26(16)21-14(4)25(33)24(30)22(15)21/h5,16-19,21,23,26-27,31H,1-4,6-10H2/t16-,17-,18-,19-,21-,23-,26+,27+,30?/m0/s1. The maximum absolute atomic E-state index is 14.1. The van der Waals surface area contributed by atoms with Crippen LogP contribution in [0.25, 0.3) is 0 Å². The molecule has 0 aromatic heterocycles. The Morgan fingerprint density at radius 3 is 2.30 bits per heavy atom. The fourth-order valence-electron chi connectivity index (χ4n) is 8.59. The Kier molecular flexibility index (Phi) is 4.42. The zero-order valence-corrected chi connectivity index (χ0v) is 20.5. The fraction of sp³-hybridized carbons (Fsp3) is 0.467. The van der Waals surface area contributed by atoms with Crippen molar-refractivity contribution < 1.29 is 33.8 Å². The van der Waals surface area contributed by atoms with Crippen molar-refractivity contribution >= 4 is 23.5 Å². The van der Waals surface area contributed by atoms with E-state index in [-0.39, 0.29) is 35.9 Å². The van der Waals surface area contributed by atoms with Gasteiger partial charge in [-0.3, -0.25) is 9.59 Å². The molecule has 7 rings (SSSR count). The molecule has 1 unspecified atom stereocenters. The number of esters is 2. The van der Waals surface area contributed by atoms with Gasteiger partial charge in [-0.2, -0.15) is 0 Å². The van der Waals surface area contributed by atoms with Crippen LogP contribution >= 0.6 is 0 Å². The molecule has 190 valence electrons. The summed E-state index contributed by atoms with van der Waals surface area (Å²) in [6, 6.07) is 0. The first-order chi connectivity index (χ1) is 17.6. The topological polar surface area (TPSA) is 107 Å². The molecule has 0 radical (unpaired) electrons. The molecule has 0 amide bonds. The highest BCUT2D eigenvalue weighted by molar-refractivity contribution is 6.18. The van der Waals surface area contributed by atoms with Gasteiger partial charge in [0.05, 0.1) is 17.4 Å². The average Bonchev–Trinajstić information content (AvgIpc) is 3.43. The van der Waals surface area contributed by atoms with Crippen LogP contribution in [0.15, 0.2) is 71.4 Å². The molecular weight excluding hydrogens is 472 g/mol. The summed E-state index contributed by atoms with van der Waals surface area (Å²) in [4.78, 5) is 53.3. The van der Waals surface area contributed by atoms with Gasteiger partial charge in [0, 0.05) is 46.5 Å². The second-order valence-electron chi connectivity index (χ2n) is 11.6.